The Labute approximate surface area is 71.5 Å². The second-order valence-corrected chi connectivity index (χ2v) is 3.15. The van der Waals surface area contributed by atoms with Crippen LogP contribution in [0.1, 0.15) is 20.3 Å². The van der Waals surface area contributed by atoms with Crippen molar-refractivity contribution in [1.29, 1.82) is 0 Å². The fourth-order valence-electron chi connectivity index (χ4n) is 0.999. The van der Waals surface area contributed by atoms with Gasteiger partial charge < -0.3 is 14.6 Å². The van der Waals surface area contributed by atoms with Gasteiger partial charge in [-0.15, -0.1) is 0 Å². The second kappa shape index (κ2) is 3.41. The second-order valence-electron chi connectivity index (χ2n) is 3.15. The van der Waals surface area contributed by atoms with Crippen molar-refractivity contribution >= 4 is 5.97 Å². The van der Waals surface area contributed by atoms with Gasteiger partial charge in [-0.05, 0) is 13.8 Å². The highest BCUT2D eigenvalue weighted by Gasteiger charge is 2.39. The lowest BCUT2D eigenvalue weighted by molar-refractivity contribution is -0.164. The van der Waals surface area contributed by atoms with E-state index in [1.165, 1.54) is 6.92 Å². The van der Waals surface area contributed by atoms with Crippen molar-refractivity contribution in [2.24, 2.45) is 0 Å². The molecule has 1 aliphatic heterocycles. The monoisotopic (exact) mass is 174 g/mol. The van der Waals surface area contributed by atoms with E-state index in [0.717, 1.165) is 0 Å². The molecule has 0 spiro atoms. The fourth-order valence-corrected chi connectivity index (χ4v) is 0.999. The zero-order chi connectivity index (χ0) is 9.19. The van der Waals surface area contributed by atoms with Crippen LogP contribution in [0, 0.1) is 0 Å². The summed E-state index contributed by atoms with van der Waals surface area (Å²) < 4.78 is 9.60. The molecule has 70 valence electrons. The normalized spacial score (nSPS) is 26.1. The first-order valence-corrected chi connectivity index (χ1v) is 4.07. The van der Waals surface area contributed by atoms with E-state index in [2.05, 4.69) is 0 Å². The van der Waals surface area contributed by atoms with Crippen LogP contribution in [0.2, 0.25) is 0 Å². The lowest BCUT2D eigenvalue weighted by Gasteiger charge is -2.19. The maximum Gasteiger partial charge on any atom is 0.337 e. The lowest BCUT2D eigenvalue weighted by Crippen LogP contribution is -2.38. The Kier molecular flexibility index (Phi) is 2.69. The molecule has 1 saturated heterocycles. The molecule has 0 radical (unpaired) electrons. The van der Waals surface area contributed by atoms with Crippen molar-refractivity contribution in [2.75, 3.05) is 13.2 Å². The van der Waals surface area contributed by atoms with Gasteiger partial charge in [0.05, 0.1) is 19.3 Å². The molecule has 0 bridgehead atoms. The third kappa shape index (κ3) is 2.46. The van der Waals surface area contributed by atoms with E-state index in [1.807, 2.05) is 0 Å². The molecule has 12 heavy (non-hydrogen) atoms. The number of carbonyl (C=O) groups is 1. The third-order valence-electron chi connectivity index (χ3n) is 1.74. The van der Waals surface area contributed by atoms with Gasteiger partial charge in [0.15, 0.2) is 5.60 Å². The molecule has 0 saturated carbocycles. The van der Waals surface area contributed by atoms with E-state index >= 15 is 0 Å². The van der Waals surface area contributed by atoms with Gasteiger partial charge in [-0.1, -0.05) is 0 Å². The highest BCUT2D eigenvalue weighted by atomic mass is 16.6. The van der Waals surface area contributed by atoms with Crippen LogP contribution in [0.25, 0.3) is 0 Å². The molecule has 1 aliphatic rings. The molecule has 1 heterocycles. The highest BCUT2D eigenvalue weighted by Crippen LogP contribution is 2.23. The minimum Gasteiger partial charge on any atom is -0.464 e. The van der Waals surface area contributed by atoms with Crippen LogP contribution in [-0.2, 0) is 14.3 Å². The molecular formula is C8H14O4. The van der Waals surface area contributed by atoms with Gasteiger partial charge in [0, 0.05) is 6.42 Å². The average molecular weight is 174 g/mol. The molecular weight excluding hydrogens is 160 g/mol. The van der Waals surface area contributed by atoms with Crippen LogP contribution >= 0.6 is 0 Å². The Morgan fingerprint density at radius 1 is 1.83 bits per heavy atom. The largest absolute Gasteiger partial charge is 0.464 e. The Hall–Kier alpha value is -0.610. The zero-order valence-corrected chi connectivity index (χ0v) is 7.37. The summed E-state index contributed by atoms with van der Waals surface area (Å²) in [7, 11) is 0. The van der Waals surface area contributed by atoms with Gasteiger partial charge in [0.25, 0.3) is 0 Å². The third-order valence-corrected chi connectivity index (χ3v) is 1.74. The van der Waals surface area contributed by atoms with Crippen LogP contribution < -0.4 is 0 Å². The molecule has 0 aromatic carbocycles. The summed E-state index contributed by atoms with van der Waals surface area (Å²) in [6.07, 6.45) is 0.357. The molecule has 2 unspecified atom stereocenters. The zero-order valence-electron chi connectivity index (χ0n) is 7.37. The van der Waals surface area contributed by atoms with Crippen LogP contribution in [0.4, 0.5) is 0 Å². The number of rotatable bonds is 4. The first-order chi connectivity index (χ1) is 5.56. The summed E-state index contributed by atoms with van der Waals surface area (Å²) in [5.41, 5.74) is -1.39. The standard InChI is InChI=1S/C8H14O4/c1-3-11-7(9)8(2,10)4-6-5-12-6/h6,10H,3-5H2,1-2H3. The van der Waals surface area contributed by atoms with Crippen molar-refractivity contribution in [3.05, 3.63) is 0 Å². The van der Waals surface area contributed by atoms with Crippen molar-refractivity contribution in [1.82, 2.24) is 0 Å². The lowest BCUT2D eigenvalue weighted by atomic mass is 10.0. The predicted molar refractivity (Wildman–Crippen MR) is 41.6 cm³/mol. The molecule has 0 aromatic heterocycles. The number of carbonyl (C=O) groups excluding carboxylic acids is 1. The maximum atomic E-state index is 11.1. The van der Waals surface area contributed by atoms with Crippen LogP contribution in [-0.4, -0.2) is 36.0 Å². The number of epoxide rings is 1. The molecule has 1 N–H and O–H groups in total. The Balaban J connectivity index is 2.38. The summed E-state index contributed by atoms with van der Waals surface area (Å²) in [5, 5.41) is 9.57. The van der Waals surface area contributed by atoms with E-state index in [4.69, 9.17) is 9.47 Å². The molecule has 0 aromatic rings. The van der Waals surface area contributed by atoms with E-state index in [-0.39, 0.29) is 6.10 Å². The van der Waals surface area contributed by atoms with Gasteiger partial charge in [-0.3, -0.25) is 0 Å². The summed E-state index contributed by atoms with van der Waals surface area (Å²) in [4.78, 5) is 11.1. The fraction of sp³-hybridized carbons (Fsp3) is 0.875. The smallest absolute Gasteiger partial charge is 0.337 e. The first-order valence-electron chi connectivity index (χ1n) is 4.07. The van der Waals surface area contributed by atoms with Crippen LogP contribution in [0.5, 0.6) is 0 Å². The average Bonchev–Trinajstić information content (AvgIpc) is 2.71. The van der Waals surface area contributed by atoms with E-state index in [1.54, 1.807) is 6.92 Å². The first kappa shape index (κ1) is 9.48. The molecule has 4 nitrogen and oxygen atoms in total. The molecule has 0 amide bonds. The van der Waals surface area contributed by atoms with Gasteiger partial charge in [0.2, 0.25) is 0 Å². The Morgan fingerprint density at radius 2 is 2.42 bits per heavy atom. The molecule has 0 aliphatic carbocycles. The molecule has 4 heteroatoms. The minimum absolute atomic E-state index is 0.0319. The number of esters is 1. The van der Waals surface area contributed by atoms with Gasteiger partial charge >= 0.3 is 5.97 Å². The summed E-state index contributed by atoms with van der Waals surface area (Å²) in [6, 6.07) is 0. The maximum absolute atomic E-state index is 11.1. The minimum atomic E-state index is -1.39. The van der Waals surface area contributed by atoms with Gasteiger partial charge in [0.1, 0.15) is 0 Å². The van der Waals surface area contributed by atoms with E-state index in [0.29, 0.717) is 19.6 Å². The van der Waals surface area contributed by atoms with Crippen molar-refractivity contribution in [2.45, 2.75) is 32.0 Å². The molecule has 1 rings (SSSR count). The summed E-state index contributed by atoms with van der Waals surface area (Å²) in [5.74, 6) is -0.569. The summed E-state index contributed by atoms with van der Waals surface area (Å²) >= 11 is 0. The van der Waals surface area contributed by atoms with Crippen molar-refractivity contribution in [3.8, 4) is 0 Å². The Morgan fingerprint density at radius 3 is 2.83 bits per heavy atom. The van der Waals surface area contributed by atoms with Crippen LogP contribution in [0.15, 0.2) is 0 Å². The SMILES string of the molecule is CCOC(=O)C(C)(O)CC1CO1. The predicted octanol–water partition coefficient (Wildman–Crippen LogP) is 0.0894. The number of hydrogen-bond acceptors (Lipinski definition) is 4. The molecule has 1 fully saturated rings. The quantitative estimate of drug-likeness (QED) is 0.484. The van der Waals surface area contributed by atoms with E-state index < -0.39 is 11.6 Å². The van der Waals surface area contributed by atoms with Crippen molar-refractivity contribution < 1.29 is 19.4 Å². The topological polar surface area (TPSA) is 59.1 Å². The van der Waals surface area contributed by atoms with Crippen molar-refractivity contribution in [3.63, 3.8) is 0 Å². The van der Waals surface area contributed by atoms with Gasteiger partial charge in [-0.2, -0.15) is 0 Å². The number of ether oxygens (including phenoxy) is 2. The summed E-state index contributed by atoms with van der Waals surface area (Å²) in [6.45, 7) is 4.09. The highest BCUT2D eigenvalue weighted by molar-refractivity contribution is 5.78. The number of aliphatic hydroxyl groups is 1. The van der Waals surface area contributed by atoms with E-state index in [9.17, 15) is 9.90 Å². The Bertz CT molecular complexity index is 172. The van der Waals surface area contributed by atoms with Crippen LogP contribution in [0.3, 0.4) is 0 Å². The number of hydrogen-bond donors (Lipinski definition) is 1. The molecule has 2 atom stereocenters. The van der Waals surface area contributed by atoms with Gasteiger partial charge in [-0.25, -0.2) is 4.79 Å².